The molecule has 1 aliphatic rings. The molecule has 3 atom stereocenters. The molecule has 0 aromatic carbocycles. The van der Waals surface area contributed by atoms with E-state index >= 15 is 0 Å². The van der Waals surface area contributed by atoms with Crippen LogP contribution in [-0.2, 0) is 0 Å². The fourth-order valence-electron chi connectivity index (χ4n) is 3.56. The quantitative estimate of drug-likeness (QED) is 0.803. The lowest BCUT2D eigenvalue weighted by Gasteiger charge is -2.34. The number of halogens is 1. The van der Waals surface area contributed by atoms with Crippen LogP contribution < -0.4 is 5.32 Å². The van der Waals surface area contributed by atoms with Crippen molar-refractivity contribution in [3.8, 4) is 0 Å². The molecule has 0 saturated heterocycles. The number of thiophene rings is 1. The lowest BCUT2D eigenvalue weighted by molar-refractivity contribution is 0.227. The van der Waals surface area contributed by atoms with Crippen molar-refractivity contribution in [1.82, 2.24) is 5.32 Å². The van der Waals surface area contributed by atoms with Crippen LogP contribution in [0.3, 0.4) is 0 Å². The summed E-state index contributed by atoms with van der Waals surface area (Å²) in [5, 5.41) is 3.81. The Balaban J connectivity index is 1.80. The van der Waals surface area contributed by atoms with Gasteiger partial charge in [-0.2, -0.15) is 0 Å². The highest BCUT2D eigenvalue weighted by molar-refractivity contribution is 7.16. The van der Waals surface area contributed by atoms with Crippen LogP contribution in [0.4, 0.5) is 0 Å². The van der Waals surface area contributed by atoms with Crippen molar-refractivity contribution in [3.05, 3.63) is 45.5 Å². The Labute approximate surface area is 135 Å². The Morgan fingerprint density at radius 3 is 2.52 bits per heavy atom. The van der Waals surface area contributed by atoms with Crippen LogP contribution in [0.2, 0.25) is 4.34 Å². The molecule has 2 nitrogen and oxygen atoms in total. The highest BCUT2D eigenvalue weighted by Gasteiger charge is 2.28. The van der Waals surface area contributed by atoms with E-state index in [0.717, 1.165) is 21.9 Å². The molecule has 21 heavy (non-hydrogen) atoms. The van der Waals surface area contributed by atoms with E-state index in [-0.39, 0.29) is 6.04 Å². The molecule has 1 fully saturated rings. The molecule has 2 aromatic heterocycles. The first kappa shape index (κ1) is 15.1. The smallest absolute Gasteiger partial charge is 0.126 e. The van der Waals surface area contributed by atoms with Gasteiger partial charge in [0.25, 0.3) is 0 Å². The molecule has 0 aliphatic heterocycles. The number of rotatable bonds is 4. The fourth-order valence-corrected chi connectivity index (χ4v) is 4.69. The Hall–Kier alpha value is -0.770. The highest BCUT2D eigenvalue weighted by Crippen LogP contribution is 2.35. The van der Waals surface area contributed by atoms with E-state index in [1.807, 2.05) is 18.2 Å². The van der Waals surface area contributed by atoms with E-state index in [0.29, 0.717) is 6.04 Å². The van der Waals surface area contributed by atoms with Gasteiger partial charge >= 0.3 is 0 Å². The van der Waals surface area contributed by atoms with E-state index in [4.69, 9.17) is 16.0 Å². The average Bonchev–Trinajstić information content (AvgIpc) is 3.06. The van der Waals surface area contributed by atoms with E-state index in [1.165, 1.54) is 24.1 Å². The molecule has 3 unspecified atom stereocenters. The minimum Gasteiger partial charge on any atom is -0.467 e. The van der Waals surface area contributed by atoms with Gasteiger partial charge in [-0.15, -0.1) is 11.3 Å². The zero-order valence-corrected chi connectivity index (χ0v) is 14.1. The highest BCUT2D eigenvalue weighted by atomic mass is 35.5. The average molecular weight is 324 g/mol. The molecule has 0 spiro atoms. The van der Waals surface area contributed by atoms with Crippen LogP contribution >= 0.6 is 22.9 Å². The van der Waals surface area contributed by atoms with Crippen molar-refractivity contribution in [3.63, 3.8) is 0 Å². The first-order valence-electron chi connectivity index (χ1n) is 7.66. The molecule has 2 heterocycles. The van der Waals surface area contributed by atoms with Gasteiger partial charge in [0.15, 0.2) is 0 Å². The summed E-state index contributed by atoms with van der Waals surface area (Å²) in [5.41, 5.74) is 0. The van der Waals surface area contributed by atoms with E-state index in [2.05, 4.69) is 25.2 Å². The zero-order chi connectivity index (χ0) is 14.8. The summed E-state index contributed by atoms with van der Waals surface area (Å²) in [4.78, 5) is 1.22. The number of hydrogen-bond donors (Lipinski definition) is 1. The molecule has 1 saturated carbocycles. The Morgan fingerprint density at radius 1 is 1.19 bits per heavy atom. The minimum atomic E-state index is 0.111. The second kappa shape index (κ2) is 6.55. The molecule has 1 aliphatic carbocycles. The summed E-state index contributed by atoms with van der Waals surface area (Å²) in [6.45, 7) is 4.71. The first-order chi connectivity index (χ1) is 10.1. The van der Waals surface area contributed by atoms with Gasteiger partial charge in [0.05, 0.1) is 10.6 Å². The van der Waals surface area contributed by atoms with E-state index in [1.54, 1.807) is 17.6 Å². The monoisotopic (exact) mass is 323 g/mol. The minimum absolute atomic E-state index is 0.111. The standard InChI is InChI=1S/C17H22ClNOS/c1-11-8-12(2)10-13(9-11)19-17(14-4-3-7-20-14)15-5-6-16(18)21-15/h3-7,11-13,17,19H,8-10H2,1-2H3. The summed E-state index contributed by atoms with van der Waals surface area (Å²) in [5.74, 6) is 2.55. The number of hydrogen-bond acceptors (Lipinski definition) is 3. The lowest BCUT2D eigenvalue weighted by Crippen LogP contribution is -2.38. The topological polar surface area (TPSA) is 25.2 Å². The molecule has 1 N–H and O–H groups in total. The summed E-state index contributed by atoms with van der Waals surface area (Å²) in [7, 11) is 0. The van der Waals surface area contributed by atoms with Gasteiger partial charge in [0.1, 0.15) is 11.8 Å². The maximum atomic E-state index is 6.12. The van der Waals surface area contributed by atoms with Crippen LogP contribution in [-0.4, -0.2) is 6.04 Å². The SMILES string of the molecule is CC1CC(C)CC(NC(c2ccco2)c2ccc(Cl)s2)C1. The van der Waals surface area contributed by atoms with Gasteiger partial charge in [-0.25, -0.2) is 0 Å². The van der Waals surface area contributed by atoms with Crippen LogP contribution in [0.15, 0.2) is 34.9 Å². The second-order valence-electron chi connectivity index (χ2n) is 6.37. The Bertz CT molecular complexity index is 555. The third-order valence-electron chi connectivity index (χ3n) is 4.29. The summed E-state index contributed by atoms with van der Waals surface area (Å²) >= 11 is 7.74. The molecule has 2 aromatic rings. The van der Waals surface area contributed by atoms with Gasteiger partial charge in [0, 0.05) is 10.9 Å². The summed E-state index contributed by atoms with van der Waals surface area (Å²) < 4.78 is 6.48. The van der Waals surface area contributed by atoms with Gasteiger partial charge in [-0.1, -0.05) is 25.4 Å². The zero-order valence-electron chi connectivity index (χ0n) is 12.5. The van der Waals surface area contributed by atoms with Crippen molar-refractivity contribution in [1.29, 1.82) is 0 Å². The van der Waals surface area contributed by atoms with Gasteiger partial charge in [-0.3, -0.25) is 0 Å². The predicted octanol–water partition coefficient (Wildman–Crippen LogP) is 5.50. The predicted molar refractivity (Wildman–Crippen MR) is 89.0 cm³/mol. The largest absolute Gasteiger partial charge is 0.467 e. The van der Waals surface area contributed by atoms with Crippen LogP contribution in [0.5, 0.6) is 0 Å². The molecule has 0 bridgehead atoms. The maximum Gasteiger partial charge on any atom is 0.126 e. The Morgan fingerprint density at radius 2 is 1.95 bits per heavy atom. The van der Waals surface area contributed by atoms with Gasteiger partial charge in [0.2, 0.25) is 0 Å². The van der Waals surface area contributed by atoms with Gasteiger partial charge in [-0.05, 0) is 55.4 Å². The maximum absolute atomic E-state index is 6.12. The number of nitrogens with one attached hydrogen (secondary N) is 1. The lowest BCUT2D eigenvalue weighted by atomic mass is 9.80. The van der Waals surface area contributed by atoms with Crippen molar-refractivity contribution in [2.24, 2.45) is 11.8 Å². The van der Waals surface area contributed by atoms with E-state index in [9.17, 15) is 0 Å². The number of furan rings is 1. The third kappa shape index (κ3) is 3.71. The fraction of sp³-hybridized carbons (Fsp3) is 0.529. The van der Waals surface area contributed by atoms with Crippen molar-refractivity contribution in [2.75, 3.05) is 0 Å². The van der Waals surface area contributed by atoms with Crippen LogP contribution in [0.25, 0.3) is 0 Å². The second-order valence-corrected chi connectivity index (χ2v) is 8.12. The molecular formula is C17H22ClNOS. The Kier molecular flexibility index (Phi) is 4.72. The molecule has 114 valence electrons. The van der Waals surface area contributed by atoms with Crippen molar-refractivity contribution in [2.45, 2.75) is 45.2 Å². The van der Waals surface area contributed by atoms with Crippen LogP contribution in [0.1, 0.15) is 49.8 Å². The molecular weight excluding hydrogens is 302 g/mol. The van der Waals surface area contributed by atoms with Crippen molar-refractivity contribution < 1.29 is 4.42 Å². The van der Waals surface area contributed by atoms with Crippen LogP contribution in [0, 0.1) is 11.8 Å². The normalized spacial score (nSPS) is 27.7. The molecule has 3 rings (SSSR count). The molecule has 0 amide bonds. The van der Waals surface area contributed by atoms with E-state index < -0.39 is 0 Å². The molecule has 4 heteroatoms. The third-order valence-corrected chi connectivity index (χ3v) is 5.58. The van der Waals surface area contributed by atoms with Gasteiger partial charge < -0.3 is 9.73 Å². The van der Waals surface area contributed by atoms with Crippen molar-refractivity contribution >= 4 is 22.9 Å². The summed E-state index contributed by atoms with van der Waals surface area (Å²) in [6.07, 6.45) is 5.56. The summed E-state index contributed by atoms with van der Waals surface area (Å²) in [6, 6.07) is 8.71. The molecule has 0 radical (unpaired) electrons. The first-order valence-corrected chi connectivity index (χ1v) is 8.86.